The van der Waals surface area contributed by atoms with Gasteiger partial charge in [0.05, 0.1) is 10.5 Å². The number of hydrogen-bond acceptors (Lipinski definition) is 6. The molecule has 0 radical (unpaired) electrons. The molecule has 0 aliphatic carbocycles. The summed E-state index contributed by atoms with van der Waals surface area (Å²) in [6.45, 7) is 5.10. The number of fused-ring (bicyclic) bond motifs is 1. The molecular weight excluding hydrogens is 304 g/mol. The van der Waals surface area contributed by atoms with Crippen molar-refractivity contribution < 1.29 is 4.74 Å². The zero-order chi connectivity index (χ0) is 14.4. The number of ether oxygens (including phenoxy) is 1. The Kier molecular flexibility index (Phi) is 3.09. The molecule has 1 aliphatic heterocycles. The molecule has 1 atom stereocenters. The zero-order valence-electron chi connectivity index (χ0n) is 11.9. The SMILES string of the molecule is CC1(C)C[C@H](c2nn3c(-c4cccs4)nnc3s2)CCO1. The number of aromatic nitrogens is 4. The van der Waals surface area contributed by atoms with E-state index >= 15 is 0 Å². The molecule has 5 nitrogen and oxygen atoms in total. The Morgan fingerprint density at radius 1 is 1.38 bits per heavy atom. The van der Waals surface area contributed by atoms with Crippen LogP contribution in [-0.2, 0) is 4.74 Å². The highest BCUT2D eigenvalue weighted by Crippen LogP contribution is 2.37. The summed E-state index contributed by atoms with van der Waals surface area (Å²) < 4.78 is 7.68. The molecule has 110 valence electrons. The van der Waals surface area contributed by atoms with Crippen molar-refractivity contribution in [2.75, 3.05) is 6.61 Å². The van der Waals surface area contributed by atoms with Crippen molar-refractivity contribution >= 4 is 27.6 Å². The van der Waals surface area contributed by atoms with Crippen LogP contribution in [0.5, 0.6) is 0 Å². The molecule has 0 amide bonds. The second-order valence-electron chi connectivity index (χ2n) is 5.93. The van der Waals surface area contributed by atoms with E-state index in [4.69, 9.17) is 9.84 Å². The van der Waals surface area contributed by atoms with Crippen molar-refractivity contribution in [2.45, 2.75) is 38.2 Å². The fourth-order valence-electron chi connectivity index (χ4n) is 2.80. The predicted molar refractivity (Wildman–Crippen MR) is 84.0 cm³/mol. The summed E-state index contributed by atoms with van der Waals surface area (Å²) in [6.07, 6.45) is 2.04. The molecular formula is C14H16N4OS2. The summed E-state index contributed by atoms with van der Waals surface area (Å²) in [5, 5.41) is 16.5. The minimum Gasteiger partial charge on any atom is -0.376 e. The molecule has 0 spiro atoms. The van der Waals surface area contributed by atoms with Gasteiger partial charge in [-0.05, 0) is 38.1 Å². The number of thiophene rings is 1. The molecule has 0 aromatic carbocycles. The van der Waals surface area contributed by atoms with Gasteiger partial charge in [0.15, 0.2) is 5.82 Å². The second kappa shape index (κ2) is 4.86. The van der Waals surface area contributed by atoms with E-state index in [0.29, 0.717) is 5.92 Å². The minimum absolute atomic E-state index is 0.0640. The standard InChI is InChI=1S/C14H16N4OS2/c1-14(2)8-9(5-6-19-14)12-17-18-11(10-4-3-7-20-10)15-16-13(18)21-12/h3-4,7,9H,5-6,8H2,1-2H3/t9-/m1/s1. The maximum Gasteiger partial charge on any atom is 0.235 e. The zero-order valence-corrected chi connectivity index (χ0v) is 13.6. The van der Waals surface area contributed by atoms with Gasteiger partial charge < -0.3 is 4.74 Å². The highest BCUT2D eigenvalue weighted by molar-refractivity contribution is 7.16. The Balaban J connectivity index is 1.71. The maximum atomic E-state index is 5.80. The van der Waals surface area contributed by atoms with Gasteiger partial charge in [-0.15, -0.1) is 21.5 Å². The summed E-state index contributed by atoms with van der Waals surface area (Å²) in [7, 11) is 0. The molecule has 21 heavy (non-hydrogen) atoms. The molecule has 4 heterocycles. The highest BCUT2D eigenvalue weighted by atomic mass is 32.1. The van der Waals surface area contributed by atoms with Crippen LogP contribution in [-0.4, -0.2) is 32.0 Å². The second-order valence-corrected chi connectivity index (χ2v) is 7.87. The lowest BCUT2D eigenvalue weighted by Crippen LogP contribution is -2.33. The van der Waals surface area contributed by atoms with Gasteiger partial charge in [-0.3, -0.25) is 0 Å². The monoisotopic (exact) mass is 320 g/mol. The molecule has 0 bridgehead atoms. The fourth-order valence-corrected chi connectivity index (χ4v) is 4.47. The van der Waals surface area contributed by atoms with Crippen LogP contribution in [0.15, 0.2) is 17.5 Å². The summed E-state index contributed by atoms with van der Waals surface area (Å²) in [5.41, 5.74) is -0.0640. The van der Waals surface area contributed by atoms with Gasteiger partial charge in [-0.25, -0.2) is 0 Å². The van der Waals surface area contributed by atoms with E-state index in [1.165, 1.54) is 0 Å². The Hall–Kier alpha value is -1.31. The van der Waals surface area contributed by atoms with Gasteiger partial charge in [-0.1, -0.05) is 17.4 Å². The van der Waals surface area contributed by atoms with Gasteiger partial charge in [0.2, 0.25) is 4.96 Å². The lowest BCUT2D eigenvalue weighted by atomic mass is 9.89. The molecule has 4 rings (SSSR count). The Morgan fingerprint density at radius 2 is 2.29 bits per heavy atom. The first-order chi connectivity index (χ1) is 10.1. The van der Waals surface area contributed by atoms with Crippen molar-refractivity contribution in [3.63, 3.8) is 0 Å². The summed E-state index contributed by atoms with van der Waals surface area (Å²) in [4.78, 5) is 1.98. The van der Waals surface area contributed by atoms with E-state index < -0.39 is 0 Å². The summed E-state index contributed by atoms with van der Waals surface area (Å²) in [6, 6.07) is 4.08. The van der Waals surface area contributed by atoms with E-state index in [9.17, 15) is 0 Å². The van der Waals surface area contributed by atoms with Crippen LogP contribution < -0.4 is 0 Å². The highest BCUT2D eigenvalue weighted by Gasteiger charge is 2.32. The normalized spacial score (nSPS) is 21.9. The Morgan fingerprint density at radius 3 is 3.05 bits per heavy atom. The quantitative estimate of drug-likeness (QED) is 0.724. The molecule has 3 aromatic rings. The van der Waals surface area contributed by atoms with Crippen molar-refractivity contribution in [1.82, 2.24) is 19.8 Å². The van der Waals surface area contributed by atoms with Crippen LogP contribution >= 0.6 is 22.7 Å². The van der Waals surface area contributed by atoms with Gasteiger partial charge in [-0.2, -0.15) is 9.61 Å². The number of rotatable bonds is 2. The van der Waals surface area contributed by atoms with E-state index in [2.05, 4.69) is 30.1 Å². The van der Waals surface area contributed by atoms with Crippen molar-refractivity contribution in [2.24, 2.45) is 0 Å². The van der Waals surface area contributed by atoms with Crippen LogP contribution in [0.1, 0.15) is 37.6 Å². The molecule has 0 unspecified atom stereocenters. The van der Waals surface area contributed by atoms with Crippen LogP contribution in [0.2, 0.25) is 0 Å². The average molecular weight is 320 g/mol. The number of hydrogen-bond donors (Lipinski definition) is 0. The molecule has 1 saturated heterocycles. The third kappa shape index (κ3) is 2.39. The first-order valence-electron chi connectivity index (χ1n) is 7.02. The Bertz CT molecular complexity index is 759. The van der Waals surface area contributed by atoms with Crippen molar-refractivity contribution in [3.8, 4) is 10.7 Å². The molecule has 7 heteroatoms. The smallest absolute Gasteiger partial charge is 0.235 e. The fraction of sp³-hybridized carbons (Fsp3) is 0.500. The van der Waals surface area contributed by atoms with Gasteiger partial charge in [0.25, 0.3) is 0 Å². The molecule has 3 aromatic heterocycles. The summed E-state index contributed by atoms with van der Waals surface area (Å²) in [5.74, 6) is 1.30. The van der Waals surface area contributed by atoms with Crippen LogP contribution in [0.25, 0.3) is 15.7 Å². The van der Waals surface area contributed by atoms with E-state index in [1.54, 1.807) is 22.7 Å². The minimum atomic E-state index is -0.0640. The van der Waals surface area contributed by atoms with Crippen LogP contribution in [0.3, 0.4) is 0 Å². The van der Waals surface area contributed by atoms with E-state index in [-0.39, 0.29) is 5.60 Å². The van der Waals surface area contributed by atoms with E-state index in [0.717, 1.165) is 40.1 Å². The average Bonchev–Trinajstić information content (AvgIpc) is 3.13. The third-order valence-corrected chi connectivity index (χ3v) is 5.72. The first-order valence-corrected chi connectivity index (χ1v) is 8.72. The maximum absolute atomic E-state index is 5.80. The lowest BCUT2D eigenvalue weighted by Gasteiger charge is -2.34. The first kappa shape index (κ1) is 13.4. The van der Waals surface area contributed by atoms with Gasteiger partial charge in [0, 0.05) is 12.5 Å². The van der Waals surface area contributed by atoms with Crippen LogP contribution in [0, 0.1) is 0 Å². The van der Waals surface area contributed by atoms with Crippen molar-refractivity contribution in [3.05, 3.63) is 22.5 Å². The predicted octanol–water partition coefficient (Wildman–Crippen LogP) is 3.59. The van der Waals surface area contributed by atoms with Crippen molar-refractivity contribution in [1.29, 1.82) is 0 Å². The molecule has 1 fully saturated rings. The lowest BCUT2D eigenvalue weighted by molar-refractivity contribution is -0.0593. The topological polar surface area (TPSA) is 52.3 Å². The molecule has 1 aliphatic rings. The largest absolute Gasteiger partial charge is 0.376 e. The van der Waals surface area contributed by atoms with Gasteiger partial charge in [0.1, 0.15) is 5.01 Å². The third-order valence-electron chi connectivity index (χ3n) is 3.79. The Labute approximate surface area is 130 Å². The molecule has 0 saturated carbocycles. The summed E-state index contributed by atoms with van der Waals surface area (Å²) >= 11 is 3.31. The molecule has 0 N–H and O–H groups in total. The van der Waals surface area contributed by atoms with Crippen LogP contribution in [0.4, 0.5) is 0 Å². The van der Waals surface area contributed by atoms with Gasteiger partial charge >= 0.3 is 0 Å². The van der Waals surface area contributed by atoms with E-state index in [1.807, 2.05) is 16.0 Å². The number of nitrogens with zero attached hydrogens (tertiary/aromatic N) is 4.